The van der Waals surface area contributed by atoms with Crippen LogP contribution in [0, 0.1) is 0 Å². The van der Waals surface area contributed by atoms with E-state index in [1.54, 1.807) is 0 Å². The van der Waals surface area contributed by atoms with Gasteiger partial charge in [0.05, 0.1) is 5.60 Å². The summed E-state index contributed by atoms with van der Waals surface area (Å²) in [5.41, 5.74) is -0.412. The van der Waals surface area contributed by atoms with Gasteiger partial charge in [-0.3, -0.25) is 0 Å². The van der Waals surface area contributed by atoms with E-state index in [0.717, 1.165) is 19.4 Å². The Labute approximate surface area is 56.3 Å². The van der Waals surface area contributed by atoms with Crippen LogP contribution in [0.4, 0.5) is 0 Å². The van der Waals surface area contributed by atoms with Crippen molar-refractivity contribution in [1.82, 2.24) is 5.32 Å². The Morgan fingerprint density at radius 2 is 2.33 bits per heavy atom. The number of hydrogen-bond donors (Lipinski definition) is 2. The molecule has 2 nitrogen and oxygen atoms in total. The van der Waals surface area contributed by atoms with E-state index >= 15 is 0 Å². The van der Waals surface area contributed by atoms with Crippen LogP contribution >= 0.6 is 0 Å². The van der Waals surface area contributed by atoms with Crippen molar-refractivity contribution in [2.45, 2.75) is 38.3 Å². The molecule has 1 aliphatic rings. The van der Waals surface area contributed by atoms with Crippen LogP contribution in [-0.2, 0) is 0 Å². The van der Waals surface area contributed by atoms with Gasteiger partial charge >= 0.3 is 0 Å². The maximum absolute atomic E-state index is 9.50. The number of hydrogen-bond acceptors (Lipinski definition) is 2. The summed E-state index contributed by atoms with van der Waals surface area (Å²) in [7, 11) is 0. The molecule has 1 heterocycles. The first-order chi connectivity index (χ1) is 4.10. The van der Waals surface area contributed by atoms with Gasteiger partial charge in [0.15, 0.2) is 0 Å². The number of aliphatic hydroxyl groups is 1. The second-order valence-electron chi connectivity index (χ2n) is 3.31. The Morgan fingerprint density at radius 1 is 1.67 bits per heavy atom. The van der Waals surface area contributed by atoms with Crippen LogP contribution in [0.5, 0.6) is 0 Å². The van der Waals surface area contributed by atoms with Crippen LogP contribution in [-0.4, -0.2) is 23.3 Å². The van der Waals surface area contributed by atoms with Crippen LogP contribution in [0.2, 0.25) is 0 Å². The lowest BCUT2D eigenvalue weighted by Gasteiger charge is -2.32. The van der Waals surface area contributed by atoms with Crippen molar-refractivity contribution in [3.05, 3.63) is 0 Å². The Balaban J connectivity index is 2.41. The van der Waals surface area contributed by atoms with Gasteiger partial charge in [0.2, 0.25) is 0 Å². The highest BCUT2D eigenvalue weighted by atomic mass is 16.3. The van der Waals surface area contributed by atoms with Crippen LogP contribution < -0.4 is 5.32 Å². The highest BCUT2D eigenvalue weighted by molar-refractivity contribution is 4.83. The van der Waals surface area contributed by atoms with Crippen molar-refractivity contribution in [1.29, 1.82) is 0 Å². The molecular formula is C7H15NO. The molecule has 54 valence electrons. The summed E-state index contributed by atoms with van der Waals surface area (Å²) < 4.78 is 0. The van der Waals surface area contributed by atoms with E-state index in [1.807, 2.05) is 6.92 Å². The van der Waals surface area contributed by atoms with Gasteiger partial charge in [-0.1, -0.05) is 0 Å². The molecule has 0 bridgehead atoms. The summed E-state index contributed by atoms with van der Waals surface area (Å²) >= 11 is 0. The summed E-state index contributed by atoms with van der Waals surface area (Å²) in [6.45, 7) is 4.96. The largest absolute Gasteiger partial charge is 0.390 e. The molecular weight excluding hydrogens is 114 g/mol. The maximum atomic E-state index is 9.50. The average Bonchev–Trinajstić information content (AvgIpc) is 1.60. The predicted octanol–water partition coefficient (Wildman–Crippen LogP) is 0.509. The number of piperidine rings is 1. The van der Waals surface area contributed by atoms with Gasteiger partial charge in [0.25, 0.3) is 0 Å². The van der Waals surface area contributed by atoms with Gasteiger partial charge < -0.3 is 10.4 Å². The van der Waals surface area contributed by atoms with Crippen molar-refractivity contribution in [2.75, 3.05) is 6.54 Å². The predicted molar refractivity (Wildman–Crippen MR) is 37.3 cm³/mol. The molecule has 0 aromatic carbocycles. The summed E-state index contributed by atoms with van der Waals surface area (Å²) in [6.07, 6.45) is 1.77. The summed E-state index contributed by atoms with van der Waals surface area (Å²) in [4.78, 5) is 0. The van der Waals surface area contributed by atoms with Crippen LogP contribution in [0.3, 0.4) is 0 Å². The molecule has 2 N–H and O–H groups in total. The van der Waals surface area contributed by atoms with Gasteiger partial charge in [-0.15, -0.1) is 0 Å². The smallest absolute Gasteiger partial charge is 0.0646 e. The summed E-state index contributed by atoms with van der Waals surface area (Å²) in [5, 5.41) is 12.8. The molecule has 0 amide bonds. The molecule has 1 rings (SSSR count). The van der Waals surface area contributed by atoms with Crippen molar-refractivity contribution >= 4 is 0 Å². The van der Waals surface area contributed by atoms with Gasteiger partial charge in [-0.25, -0.2) is 0 Å². The Hall–Kier alpha value is -0.0800. The lowest BCUT2D eigenvalue weighted by atomic mass is 9.91. The van der Waals surface area contributed by atoms with Gasteiger partial charge in [0.1, 0.15) is 0 Å². The third-order valence-electron chi connectivity index (χ3n) is 1.90. The first kappa shape index (κ1) is 7.03. The minimum atomic E-state index is -0.412. The standard InChI is InChI=1S/C7H15NO/c1-6-5-7(2,9)3-4-8-6/h6,8-9H,3-5H2,1-2H3/t6-,7-/m0/s1. The molecule has 1 saturated heterocycles. The van der Waals surface area contributed by atoms with Crippen molar-refractivity contribution in [3.8, 4) is 0 Å². The topological polar surface area (TPSA) is 32.3 Å². The molecule has 2 heteroatoms. The van der Waals surface area contributed by atoms with Crippen molar-refractivity contribution < 1.29 is 5.11 Å². The molecule has 0 spiro atoms. The lowest BCUT2D eigenvalue weighted by Crippen LogP contribution is -2.44. The summed E-state index contributed by atoms with van der Waals surface area (Å²) in [5.74, 6) is 0. The SMILES string of the molecule is C[C@H]1C[C@@](C)(O)CCN1. The average molecular weight is 129 g/mol. The van der Waals surface area contributed by atoms with Crippen LogP contribution in [0.25, 0.3) is 0 Å². The fourth-order valence-electron chi connectivity index (χ4n) is 1.42. The van der Waals surface area contributed by atoms with E-state index in [-0.39, 0.29) is 0 Å². The van der Waals surface area contributed by atoms with Crippen molar-refractivity contribution in [3.63, 3.8) is 0 Å². The molecule has 0 radical (unpaired) electrons. The fraction of sp³-hybridized carbons (Fsp3) is 1.00. The van der Waals surface area contributed by atoms with E-state index in [0.29, 0.717) is 6.04 Å². The second-order valence-corrected chi connectivity index (χ2v) is 3.31. The van der Waals surface area contributed by atoms with Gasteiger partial charge in [-0.2, -0.15) is 0 Å². The molecule has 1 aliphatic heterocycles. The monoisotopic (exact) mass is 129 g/mol. The number of rotatable bonds is 0. The minimum Gasteiger partial charge on any atom is -0.390 e. The zero-order valence-corrected chi connectivity index (χ0v) is 6.15. The molecule has 0 unspecified atom stereocenters. The summed E-state index contributed by atoms with van der Waals surface area (Å²) in [6, 6.07) is 0.480. The van der Waals surface area contributed by atoms with Gasteiger partial charge in [-0.05, 0) is 33.2 Å². The van der Waals surface area contributed by atoms with E-state index < -0.39 is 5.60 Å². The Kier molecular flexibility index (Phi) is 1.78. The van der Waals surface area contributed by atoms with Crippen molar-refractivity contribution in [2.24, 2.45) is 0 Å². The highest BCUT2D eigenvalue weighted by Gasteiger charge is 2.26. The van der Waals surface area contributed by atoms with Gasteiger partial charge in [0, 0.05) is 6.04 Å². The fourth-order valence-corrected chi connectivity index (χ4v) is 1.42. The molecule has 1 fully saturated rings. The quantitative estimate of drug-likeness (QED) is 0.499. The zero-order valence-electron chi connectivity index (χ0n) is 6.15. The first-order valence-electron chi connectivity index (χ1n) is 3.56. The normalized spacial score (nSPS) is 45.0. The van der Waals surface area contributed by atoms with E-state index in [9.17, 15) is 5.11 Å². The maximum Gasteiger partial charge on any atom is 0.0646 e. The second kappa shape index (κ2) is 2.27. The van der Waals surface area contributed by atoms with Crippen LogP contribution in [0.15, 0.2) is 0 Å². The Morgan fingerprint density at radius 3 is 2.67 bits per heavy atom. The molecule has 0 saturated carbocycles. The molecule has 0 aromatic heterocycles. The third kappa shape index (κ3) is 1.95. The zero-order chi connectivity index (χ0) is 6.91. The van der Waals surface area contributed by atoms with E-state index in [1.165, 1.54) is 0 Å². The first-order valence-corrected chi connectivity index (χ1v) is 3.56. The van der Waals surface area contributed by atoms with E-state index in [4.69, 9.17) is 0 Å². The molecule has 2 atom stereocenters. The number of nitrogens with one attached hydrogen (secondary N) is 1. The minimum absolute atomic E-state index is 0.412. The Bertz CT molecular complexity index is 101. The lowest BCUT2D eigenvalue weighted by molar-refractivity contribution is 0.0162. The molecule has 0 aliphatic carbocycles. The molecule has 0 aromatic rings. The van der Waals surface area contributed by atoms with Crippen LogP contribution in [0.1, 0.15) is 26.7 Å². The van der Waals surface area contributed by atoms with E-state index in [2.05, 4.69) is 12.2 Å². The third-order valence-corrected chi connectivity index (χ3v) is 1.90. The molecule has 9 heavy (non-hydrogen) atoms. The highest BCUT2D eigenvalue weighted by Crippen LogP contribution is 2.19.